The molecule has 5 aliphatic heterocycles. The zero-order valence-electron chi connectivity index (χ0n) is 67.9. The largest absolute Gasteiger partial charge is 0.461 e. The van der Waals surface area contributed by atoms with Gasteiger partial charge in [0.15, 0.2) is 0 Å². The van der Waals surface area contributed by atoms with E-state index in [4.69, 9.17) is 42.8 Å². The van der Waals surface area contributed by atoms with Crippen molar-refractivity contribution in [2.45, 2.75) is 393 Å². The van der Waals surface area contributed by atoms with E-state index in [9.17, 15) is 28.8 Å². The number of carbonyl (C=O) groups is 6. The van der Waals surface area contributed by atoms with Gasteiger partial charge in [0.05, 0.1) is 69.7 Å². The van der Waals surface area contributed by atoms with Crippen molar-refractivity contribution in [1.82, 2.24) is 39.0 Å². The topological polar surface area (TPSA) is 241 Å². The molecule has 0 bridgehead atoms. The second kappa shape index (κ2) is 75.3. The van der Waals surface area contributed by atoms with Crippen LogP contribution in [-0.2, 0) is 61.1 Å². The molecular formula is C87H186N10O13P2. The van der Waals surface area contributed by atoms with Gasteiger partial charge in [-0.25, -0.2) is 4.67 Å². The summed E-state index contributed by atoms with van der Waals surface area (Å²) in [4.78, 5) is 83.9. The van der Waals surface area contributed by atoms with Crippen LogP contribution in [0, 0.1) is 34.5 Å². The maximum Gasteiger partial charge on any atom is 0.306 e. The highest BCUT2D eigenvalue weighted by atomic mass is 31.2. The molecule has 5 fully saturated rings. The Morgan fingerprint density at radius 1 is 0.411 bits per heavy atom. The summed E-state index contributed by atoms with van der Waals surface area (Å²) in [5.74, 6) is 0.514. The van der Waals surface area contributed by atoms with Crippen LogP contribution in [0.1, 0.15) is 327 Å². The summed E-state index contributed by atoms with van der Waals surface area (Å²) in [6, 6.07) is 6.21. The minimum Gasteiger partial charge on any atom is -0.461 e. The number of nitrogens with zero attached hydrogens (tertiary/aromatic N) is 10. The van der Waals surface area contributed by atoms with E-state index in [1.54, 1.807) is 0 Å². The van der Waals surface area contributed by atoms with Gasteiger partial charge in [-0.3, -0.25) is 43.8 Å². The van der Waals surface area contributed by atoms with Crippen molar-refractivity contribution in [2.24, 2.45) is 11.8 Å². The van der Waals surface area contributed by atoms with Crippen LogP contribution in [0.3, 0.4) is 0 Å². The highest BCUT2D eigenvalue weighted by molar-refractivity contribution is 7.48. The first-order valence-corrected chi connectivity index (χ1v) is 41.8. The van der Waals surface area contributed by atoms with Gasteiger partial charge >= 0.3 is 17.9 Å². The number of likely N-dealkylation sites (tertiary alicyclic amines) is 5. The molecule has 0 aromatic heterocycles. The number of hydrogen-bond donors (Lipinski definition) is 0. The summed E-state index contributed by atoms with van der Waals surface area (Å²) in [5, 5.41) is 17.6. The lowest BCUT2D eigenvalue weighted by molar-refractivity contribution is -0.151. The third-order valence-corrected chi connectivity index (χ3v) is 23.6. The van der Waals surface area contributed by atoms with Crippen molar-refractivity contribution < 1.29 is 61.1 Å². The first-order chi connectivity index (χ1) is 48.6. The highest BCUT2D eigenvalue weighted by Gasteiger charge is 2.41. The van der Waals surface area contributed by atoms with Crippen LogP contribution >= 0.6 is 16.9 Å². The Morgan fingerprint density at radius 3 is 1.03 bits per heavy atom. The fourth-order valence-electron chi connectivity index (χ4n) is 14.4. The van der Waals surface area contributed by atoms with Gasteiger partial charge in [-0.1, -0.05) is 144 Å². The van der Waals surface area contributed by atoms with E-state index < -0.39 is 16.9 Å². The van der Waals surface area contributed by atoms with E-state index >= 15 is 0 Å². The van der Waals surface area contributed by atoms with Crippen LogP contribution < -0.4 is 0 Å². The summed E-state index contributed by atoms with van der Waals surface area (Å²) in [6.07, 6.45) is 16.8. The molecule has 2 unspecified atom stereocenters. The van der Waals surface area contributed by atoms with Gasteiger partial charge in [-0.15, -0.1) is 0 Å². The number of hydrogen-bond acceptors (Lipinski definition) is 23. The molecule has 25 heteroatoms. The molecule has 0 saturated carbocycles. The SMILES string of the molecule is C.C.C.C.C.C.C.C.C.C.CCCN1CC[C@@H](OC(=O)CCC(C)=O)[C@@H]1CC.CCCN1CC[C@H](OC(=O)CCC(C)=O)[C@@H]1CC.CCCN1CC[C@H](OP(OCCC#N)N(C(C)C)C(C)C)[C@@H]1CC.CCCN1C[C@@H](CC)[C@H](OC(=O)CCC(C)=O)C1.CCCN1C[C@@H](CC)[C@H](OP(OCCC#N)C(N(C)C)N(C)C)C1. The Morgan fingerprint density at radius 2 is 0.723 bits per heavy atom. The van der Waals surface area contributed by atoms with E-state index in [1.807, 2.05) is 28.2 Å². The molecule has 0 aromatic carbocycles. The monoisotopic (exact) mass is 1640 g/mol. The fraction of sp³-hybridized carbons (Fsp3) is 0.908. The molecule has 23 nitrogen and oxygen atoms in total. The van der Waals surface area contributed by atoms with Gasteiger partial charge in [0.2, 0.25) is 8.38 Å². The lowest BCUT2D eigenvalue weighted by atomic mass is 10.0. The lowest BCUT2D eigenvalue weighted by Gasteiger charge is -2.38. The highest BCUT2D eigenvalue weighted by Crippen LogP contribution is 2.50. The van der Waals surface area contributed by atoms with Crippen LogP contribution in [0.15, 0.2) is 0 Å². The van der Waals surface area contributed by atoms with Crippen molar-refractivity contribution in [3.05, 3.63) is 0 Å². The number of carbonyl (C=O) groups excluding carboxylic acids is 6. The molecule has 5 aliphatic rings. The van der Waals surface area contributed by atoms with Gasteiger partial charge in [0.1, 0.15) is 41.6 Å². The second-order valence-electron chi connectivity index (χ2n) is 29.1. The molecule has 5 heterocycles. The fourth-order valence-corrected chi connectivity index (χ4v) is 18.1. The summed E-state index contributed by atoms with van der Waals surface area (Å²) in [6.45, 7) is 48.5. The van der Waals surface area contributed by atoms with Crippen LogP contribution in [0.2, 0.25) is 0 Å². The molecule has 0 radical (unpaired) electrons. The maximum atomic E-state index is 11.6. The van der Waals surface area contributed by atoms with Crippen LogP contribution in [0.5, 0.6) is 0 Å². The molecule has 0 amide bonds. The number of Topliss-reactive ketones (excluding diaryl/α,β-unsaturated/α-hetero) is 3. The minimum absolute atomic E-state index is 0. The normalized spacial score (nSPS) is 21.7. The molecule has 0 aliphatic carbocycles. The molecule has 12 atom stereocenters. The Bertz CT molecular complexity index is 2230. The second-order valence-corrected chi connectivity index (χ2v) is 32.0. The van der Waals surface area contributed by atoms with E-state index in [0.29, 0.717) is 87.4 Å². The molecule has 0 N–H and O–H groups in total. The maximum absolute atomic E-state index is 11.6. The Hall–Kier alpha value is -3.22. The smallest absolute Gasteiger partial charge is 0.306 e. The first kappa shape index (κ1) is 130. The van der Waals surface area contributed by atoms with Crippen molar-refractivity contribution in [3.63, 3.8) is 0 Å². The van der Waals surface area contributed by atoms with Crippen molar-refractivity contribution in [1.29, 1.82) is 10.5 Å². The third kappa shape index (κ3) is 50.5. The average molecular weight is 1640 g/mol. The number of ketones is 3. The van der Waals surface area contributed by atoms with Crippen molar-refractivity contribution in [2.75, 3.05) is 120 Å². The van der Waals surface area contributed by atoms with Crippen molar-refractivity contribution in [3.8, 4) is 12.1 Å². The standard InChI is InChI=1S/C18H36N3O2P.C17H35N4O2P.3C14H25NO3.10CH4/c1-7-12-20-13-10-18(17(20)8-2)23-24(22-14-9-11-19)21(15(3)4)16(5)6;1-7-11-21-13-15(8-2)16(14-21)23-24(22-12-9-10-18)17(19(3)4)20(5)6;2*1-4-9-15-10-8-13(12(15)5-2)18-14(17)7-6-11(3)16;1-4-8-15-9-12(5-2)13(10-15)18-14(17)7-6-11(3)16;;;;;;;;;;/h15-18H,7-10,12-14H2,1-6H3;15-17H,7-9,11-14H2,1-6H3;3*12-13H,4-10H2,1-3H3;10*1H4/t17-,18-,24?;15-,16-,24?;12-,13+;2*12-,13-;;;;;;;;;;/m01001........../s1. The summed E-state index contributed by atoms with van der Waals surface area (Å²) < 4.78 is 44.0. The molecule has 672 valence electrons. The molecule has 112 heavy (non-hydrogen) atoms. The first-order valence-electron chi connectivity index (χ1n) is 39.4. The van der Waals surface area contributed by atoms with E-state index in [2.05, 4.69) is 148 Å². The lowest BCUT2D eigenvalue weighted by Crippen LogP contribution is -2.41. The zero-order chi connectivity index (χ0) is 76.9. The van der Waals surface area contributed by atoms with Crippen LogP contribution in [0.25, 0.3) is 0 Å². The Labute approximate surface area is 696 Å². The molecular weight excluding hydrogens is 1450 g/mol. The molecule has 5 rings (SSSR count). The van der Waals surface area contributed by atoms with Gasteiger partial charge in [-0.2, -0.15) is 10.5 Å². The predicted octanol–water partition coefficient (Wildman–Crippen LogP) is 20.0. The summed E-state index contributed by atoms with van der Waals surface area (Å²) >= 11 is 0. The molecule has 0 aromatic rings. The summed E-state index contributed by atoms with van der Waals surface area (Å²) in [7, 11) is 5.95. The quantitative estimate of drug-likeness (QED) is 0.0181. The van der Waals surface area contributed by atoms with Gasteiger partial charge in [0, 0.05) is 101 Å². The van der Waals surface area contributed by atoms with E-state index in [0.717, 1.165) is 149 Å². The van der Waals surface area contributed by atoms with Crippen LogP contribution in [-0.4, -0.2) is 261 Å². The van der Waals surface area contributed by atoms with Gasteiger partial charge in [0.25, 0.3) is 8.53 Å². The Balaban J connectivity index is -0.000000143. The van der Waals surface area contributed by atoms with E-state index in [1.165, 1.54) is 33.6 Å². The van der Waals surface area contributed by atoms with Gasteiger partial charge < -0.3 is 51.6 Å². The third-order valence-electron chi connectivity index (χ3n) is 19.2. The van der Waals surface area contributed by atoms with E-state index in [-0.39, 0.29) is 165 Å². The van der Waals surface area contributed by atoms with Crippen LogP contribution in [0.4, 0.5) is 0 Å². The number of ether oxygens (including phenoxy) is 3. The van der Waals surface area contributed by atoms with Gasteiger partial charge in [-0.05, 0) is 199 Å². The van der Waals surface area contributed by atoms with Crippen molar-refractivity contribution >= 4 is 52.2 Å². The molecule has 0 spiro atoms. The zero-order valence-corrected chi connectivity index (χ0v) is 69.7. The summed E-state index contributed by atoms with van der Waals surface area (Å²) in [5.41, 5.74) is 0. The average Bonchev–Trinajstić information content (AvgIpc) is 1.68. The minimum atomic E-state index is -1.13. The molecule has 5 saturated heterocycles. The number of esters is 3. The predicted molar refractivity (Wildman–Crippen MR) is 479 cm³/mol. The Kier molecular flexibility index (Phi) is 87.0. The number of nitriles is 2. The number of rotatable bonds is 43.